The number of nitrogens with one attached hydrogen (secondary N) is 2. The van der Waals surface area contributed by atoms with Crippen LogP contribution >= 0.6 is 11.6 Å². The Hall–Kier alpha value is -1.75. The highest BCUT2D eigenvalue weighted by Crippen LogP contribution is 2.35. The first-order valence-corrected chi connectivity index (χ1v) is 10.5. The van der Waals surface area contributed by atoms with Gasteiger partial charge in [-0.1, -0.05) is 43.0 Å². The SMILES string of the molecule is CC(=O)N1CCC(NC(=O)N[C@H](c2cccc(Cl)c2)C2CCCCC2)CC1. The second-order valence-electron chi connectivity index (χ2n) is 7.83. The molecule has 3 amide bonds. The molecule has 0 spiro atoms. The second kappa shape index (κ2) is 9.45. The number of piperidine rings is 1. The summed E-state index contributed by atoms with van der Waals surface area (Å²) >= 11 is 6.20. The maximum Gasteiger partial charge on any atom is 0.315 e. The lowest BCUT2D eigenvalue weighted by Gasteiger charge is -2.34. The van der Waals surface area contributed by atoms with E-state index in [4.69, 9.17) is 11.6 Å². The lowest BCUT2D eigenvalue weighted by atomic mass is 9.81. The fourth-order valence-corrected chi connectivity index (χ4v) is 4.55. The maximum absolute atomic E-state index is 12.7. The van der Waals surface area contributed by atoms with Crippen LogP contribution in [0.25, 0.3) is 0 Å². The second-order valence-corrected chi connectivity index (χ2v) is 8.27. The highest BCUT2D eigenvalue weighted by Gasteiger charge is 2.28. The Labute approximate surface area is 166 Å². The third kappa shape index (κ3) is 5.61. The van der Waals surface area contributed by atoms with Gasteiger partial charge in [-0.2, -0.15) is 0 Å². The number of halogens is 1. The zero-order valence-corrected chi connectivity index (χ0v) is 16.8. The lowest BCUT2D eigenvalue weighted by Crippen LogP contribution is -2.50. The molecule has 1 saturated carbocycles. The minimum Gasteiger partial charge on any atom is -0.343 e. The van der Waals surface area contributed by atoms with Crippen LogP contribution in [0.4, 0.5) is 4.79 Å². The van der Waals surface area contributed by atoms with Crippen LogP contribution in [-0.2, 0) is 4.79 Å². The molecule has 2 aliphatic rings. The first kappa shape index (κ1) is 20.0. The van der Waals surface area contributed by atoms with Gasteiger partial charge in [-0.05, 0) is 49.3 Å². The number of carbonyl (C=O) groups is 2. The Morgan fingerprint density at radius 2 is 1.81 bits per heavy atom. The monoisotopic (exact) mass is 391 g/mol. The zero-order valence-electron chi connectivity index (χ0n) is 16.0. The number of amides is 3. The van der Waals surface area contributed by atoms with Crippen molar-refractivity contribution in [3.05, 3.63) is 34.9 Å². The Balaban J connectivity index is 1.61. The molecule has 0 radical (unpaired) electrons. The summed E-state index contributed by atoms with van der Waals surface area (Å²) in [5, 5.41) is 7.03. The summed E-state index contributed by atoms with van der Waals surface area (Å²) < 4.78 is 0. The Morgan fingerprint density at radius 1 is 1.11 bits per heavy atom. The van der Waals surface area contributed by atoms with E-state index in [2.05, 4.69) is 16.7 Å². The van der Waals surface area contributed by atoms with E-state index in [0.717, 1.165) is 31.2 Å². The molecule has 5 nitrogen and oxygen atoms in total. The summed E-state index contributed by atoms with van der Waals surface area (Å²) in [6.07, 6.45) is 7.59. The summed E-state index contributed by atoms with van der Waals surface area (Å²) in [6, 6.07) is 7.82. The van der Waals surface area contributed by atoms with Crippen molar-refractivity contribution in [3.63, 3.8) is 0 Å². The van der Waals surface area contributed by atoms with Crippen molar-refractivity contribution in [2.45, 2.75) is 64.0 Å². The molecule has 1 atom stereocenters. The molecule has 1 aromatic carbocycles. The van der Waals surface area contributed by atoms with E-state index in [-0.39, 0.29) is 24.0 Å². The van der Waals surface area contributed by atoms with Crippen molar-refractivity contribution in [2.24, 2.45) is 5.92 Å². The Kier molecular flexibility index (Phi) is 7.00. The Morgan fingerprint density at radius 3 is 2.44 bits per heavy atom. The van der Waals surface area contributed by atoms with Crippen LogP contribution in [0.2, 0.25) is 5.02 Å². The van der Waals surface area contributed by atoms with Crippen molar-refractivity contribution in [2.75, 3.05) is 13.1 Å². The van der Waals surface area contributed by atoms with Crippen LogP contribution in [0.5, 0.6) is 0 Å². The molecule has 148 valence electrons. The quantitative estimate of drug-likeness (QED) is 0.805. The predicted molar refractivity (Wildman–Crippen MR) is 108 cm³/mol. The first-order valence-electron chi connectivity index (χ1n) is 10.1. The third-order valence-electron chi connectivity index (χ3n) is 5.89. The van der Waals surface area contributed by atoms with Crippen LogP contribution in [0.15, 0.2) is 24.3 Å². The van der Waals surface area contributed by atoms with E-state index < -0.39 is 0 Å². The van der Waals surface area contributed by atoms with Gasteiger partial charge in [-0.3, -0.25) is 4.79 Å². The van der Waals surface area contributed by atoms with Crippen molar-refractivity contribution >= 4 is 23.5 Å². The molecule has 6 heteroatoms. The fraction of sp³-hybridized carbons (Fsp3) is 0.619. The molecule has 2 fully saturated rings. The molecule has 1 heterocycles. The van der Waals surface area contributed by atoms with E-state index in [9.17, 15) is 9.59 Å². The van der Waals surface area contributed by atoms with Crippen molar-refractivity contribution < 1.29 is 9.59 Å². The molecule has 1 aromatic rings. The van der Waals surface area contributed by atoms with E-state index >= 15 is 0 Å². The van der Waals surface area contributed by atoms with E-state index in [0.29, 0.717) is 24.0 Å². The summed E-state index contributed by atoms with van der Waals surface area (Å²) in [4.78, 5) is 26.0. The topological polar surface area (TPSA) is 61.4 Å². The van der Waals surface area contributed by atoms with Gasteiger partial charge in [0.05, 0.1) is 6.04 Å². The minimum atomic E-state index is -0.119. The van der Waals surface area contributed by atoms with Gasteiger partial charge in [0.1, 0.15) is 0 Å². The fourth-order valence-electron chi connectivity index (χ4n) is 4.35. The molecule has 27 heavy (non-hydrogen) atoms. The summed E-state index contributed by atoms with van der Waals surface area (Å²) in [5.74, 6) is 0.554. The standard InChI is InChI=1S/C21H30ClN3O2/c1-15(26)25-12-10-19(11-13-25)23-21(27)24-20(16-6-3-2-4-7-16)17-8-5-9-18(22)14-17/h5,8-9,14,16,19-20H,2-4,6-7,10-13H2,1H3,(H2,23,24,27)/t20-/m0/s1. The number of hydrogen-bond donors (Lipinski definition) is 2. The largest absolute Gasteiger partial charge is 0.343 e. The molecule has 0 aromatic heterocycles. The zero-order chi connectivity index (χ0) is 19.2. The number of benzene rings is 1. The van der Waals surface area contributed by atoms with Crippen molar-refractivity contribution in [1.82, 2.24) is 15.5 Å². The van der Waals surface area contributed by atoms with Gasteiger partial charge in [0.15, 0.2) is 0 Å². The molecular weight excluding hydrogens is 362 g/mol. The molecule has 3 rings (SSSR count). The molecular formula is C21H30ClN3O2. The number of likely N-dealkylation sites (tertiary alicyclic amines) is 1. The van der Waals surface area contributed by atoms with Crippen LogP contribution in [-0.4, -0.2) is 36.0 Å². The van der Waals surface area contributed by atoms with Crippen molar-refractivity contribution in [1.29, 1.82) is 0 Å². The first-order chi connectivity index (χ1) is 13.0. The number of hydrogen-bond acceptors (Lipinski definition) is 2. The van der Waals surface area contributed by atoms with E-state index in [1.54, 1.807) is 6.92 Å². The molecule has 1 saturated heterocycles. The average molecular weight is 392 g/mol. The van der Waals surface area contributed by atoms with Crippen molar-refractivity contribution in [3.8, 4) is 0 Å². The van der Waals surface area contributed by atoms with Gasteiger partial charge in [-0.15, -0.1) is 0 Å². The molecule has 0 unspecified atom stereocenters. The minimum absolute atomic E-state index is 0.0127. The number of nitrogens with zero attached hydrogens (tertiary/aromatic N) is 1. The van der Waals surface area contributed by atoms with E-state index in [1.807, 2.05) is 23.1 Å². The summed E-state index contributed by atoms with van der Waals surface area (Å²) in [7, 11) is 0. The van der Waals surface area contributed by atoms with Gasteiger partial charge in [0, 0.05) is 31.1 Å². The van der Waals surface area contributed by atoms with Gasteiger partial charge < -0.3 is 15.5 Å². The normalized spacial score (nSPS) is 20.1. The predicted octanol–water partition coefficient (Wildman–Crippen LogP) is 4.27. The van der Waals surface area contributed by atoms with Crippen LogP contribution in [0, 0.1) is 5.92 Å². The molecule has 1 aliphatic carbocycles. The third-order valence-corrected chi connectivity index (χ3v) is 6.13. The van der Waals surface area contributed by atoms with Crippen LogP contribution < -0.4 is 10.6 Å². The number of rotatable bonds is 4. The van der Waals surface area contributed by atoms with E-state index in [1.165, 1.54) is 19.3 Å². The maximum atomic E-state index is 12.7. The average Bonchev–Trinajstić information content (AvgIpc) is 2.67. The number of carbonyl (C=O) groups excluding carboxylic acids is 2. The Bertz CT molecular complexity index is 653. The molecule has 0 bridgehead atoms. The lowest BCUT2D eigenvalue weighted by molar-refractivity contribution is -0.129. The van der Waals surface area contributed by atoms with Crippen LogP contribution in [0.3, 0.4) is 0 Å². The molecule has 1 aliphatic heterocycles. The van der Waals surface area contributed by atoms with Gasteiger partial charge >= 0.3 is 6.03 Å². The van der Waals surface area contributed by atoms with Crippen LogP contribution in [0.1, 0.15) is 63.5 Å². The van der Waals surface area contributed by atoms with Gasteiger partial charge in [0.25, 0.3) is 0 Å². The number of urea groups is 1. The highest BCUT2D eigenvalue weighted by molar-refractivity contribution is 6.30. The smallest absolute Gasteiger partial charge is 0.315 e. The highest BCUT2D eigenvalue weighted by atomic mass is 35.5. The summed E-state index contributed by atoms with van der Waals surface area (Å²) in [6.45, 7) is 3.02. The van der Waals surface area contributed by atoms with Gasteiger partial charge in [0.2, 0.25) is 5.91 Å². The molecule has 2 N–H and O–H groups in total. The van der Waals surface area contributed by atoms with Gasteiger partial charge in [-0.25, -0.2) is 4.79 Å². The summed E-state index contributed by atoms with van der Waals surface area (Å²) in [5.41, 5.74) is 1.08.